The summed E-state index contributed by atoms with van der Waals surface area (Å²) in [5.74, 6) is -0.740. The van der Waals surface area contributed by atoms with E-state index >= 15 is 0 Å². The summed E-state index contributed by atoms with van der Waals surface area (Å²) in [6.45, 7) is 4.82. The summed E-state index contributed by atoms with van der Waals surface area (Å²) < 4.78 is 11.0. The van der Waals surface area contributed by atoms with Gasteiger partial charge in [0.25, 0.3) is 0 Å². The normalized spacial score (nSPS) is 30.4. The Balaban J connectivity index is 2.09. The van der Waals surface area contributed by atoms with E-state index in [4.69, 9.17) is 20.8 Å². The lowest BCUT2D eigenvalue weighted by atomic mass is 9.74. The number of carbonyl (C=O) groups excluding carboxylic acids is 2. The number of nitrogens with zero attached hydrogens (tertiary/aromatic N) is 1. The van der Waals surface area contributed by atoms with E-state index in [1.54, 1.807) is 11.8 Å². The Morgan fingerprint density at radius 3 is 3.00 bits per heavy atom. The molecule has 0 aromatic rings. The van der Waals surface area contributed by atoms with Gasteiger partial charge in [0.05, 0.1) is 6.04 Å². The molecule has 124 valence electrons. The van der Waals surface area contributed by atoms with Crippen LogP contribution in [-0.2, 0) is 18.9 Å². The van der Waals surface area contributed by atoms with Gasteiger partial charge < -0.3 is 25.7 Å². The molecule has 0 radical (unpaired) electrons. The Morgan fingerprint density at radius 1 is 1.64 bits per heavy atom. The van der Waals surface area contributed by atoms with Crippen molar-refractivity contribution >= 4 is 19.0 Å². The van der Waals surface area contributed by atoms with E-state index in [-0.39, 0.29) is 18.4 Å². The van der Waals surface area contributed by atoms with Gasteiger partial charge in [-0.15, -0.1) is 0 Å². The molecule has 2 heterocycles. The van der Waals surface area contributed by atoms with Crippen LogP contribution < -0.4 is 11.5 Å². The fourth-order valence-electron chi connectivity index (χ4n) is 3.16. The molecule has 0 aliphatic carbocycles. The molecule has 2 aliphatic heterocycles. The van der Waals surface area contributed by atoms with Crippen molar-refractivity contribution in [3.8, 4) is 0 Å². The van der Waals surface area contributed by atoms with E-state index in [2.05, 4.69) is 0 Å². The minimum Gasteiger partial charge on any atom is -0.508 e. The Morgan fingerprint density at radius 2 is 2.36 bits per heavy atom. The smallest absolute Gasteiger partial charge is 0.508 e. The van der Waals surface area contributed by atoms with Crippen LogP contribution in [0.2, 0.25) is 6.32 Å². The topological polar surface area (TPSA) is 108 Å². The van der Waals surface area contributed by atoms with Crippen LogP contribution in [0.5, 0.6) is 0 Å². The van der Waals surface area contributed by atoms with Gasteiger partial charge in [0, 0.05) is 25.6 Å². The molecular weight excluding hydrogens is 285 g/mol. The zero-order chi connectivity index (χ0) is 16.3. The molecule has 0 aromatic carbocycles. The molecule has 2 aliphatic rings. The number of hydrogen-bond donors (Lipinski definition) is 2. The van der Waals surface area contributed by atoms with E-state index in [1.165, 1.54) is 0 Å². The van der Waals surface area contributed by atoms with Gasteiger partial charge in [-0.1, -0.05) is 13.3 Å². The molecule has 22 heavy (non-hydrogen) atoms. The number of carbonyl (C=O) groups is 2. The van der Waals surface area contributed by atoms with Crippen LogP contribution in [0.1, 0.15) is 33.1 Å². The number of nitrogens with two attached hydrogens (primary N) is 2. The van der Waals surface area contributed by atoms with Crippen molar-refractivity contribution in [2.45, 2.75) is 51.0 Å². The van der Waals surface area contributed by atoms with Gasteiger partial charge in [0.2, 0.25) is 5.91 Å². The van der Waals surface area contributed by atoms with Crippen LogP contribution in [0.3, 0.4) is 0 Å². The molecule has 0 spiro atoms. The molecule has 0 saturated carbocycles. The maximum atomic E-state index is 12.5. The number of hydrogen-bond acceptors (Lipinski definition) is 6. The molecule has 7 nitrogen and oxygen atoms in total. The monoisotopic (exact) mass is 311 g/mol. The van der Waals surface area contributed by atoms with Gasteiger partial charge in [-0.2, -0.15) is 0 Å². The molecular formula is C14H26BN3O4. The number of amides is 1. The summed E-state index contributed by atoms with van der Waals surface area (Å²) in [5, 5.41) is 0. The molecule has 1 amide bonds. The Hall–Kier alpha value is -1.12. The summed E-state index contributed by atoms with van der Waals surface area (Å²) in [5.41, 5.74) is 10.8. The predicted molar refractivity (Wildman–Crippen MR) is 82.8 cm³/mol. The molecule has 0 bridgehead atoms. The first kappa shape index (κ1) is 17.2. The van der Waals surface area contributed by atoms with E-state index in [9.17, 15) is 9.59 Å². The van der Waals surface area contributed by atoms with Crippen LogP contribution in [0.4, 0.5) is 0 Å². The maximum Gasteiger partial charge on any atom is 0.527 e. The maximum absolute atomic E-state index is 12.5. The van der Waals surface area contributed by atoms with Crippen LogP contribution in [0.15, 0.2) is 0 Å². The zero-order valence-corrected chi connectivity index (χ0v) is 13.4. The first-order valence-corrected chi connectivity index (χ1v) is 8.04. The van der Waals surface area contributed by atoms with Crippen LogP contribution in [0.25, 0.3) is 0 Å². The molecule has 8 heteroatoms. The number of fused-ring (bicyclic) bond motifs is 1. The van der Waals surface area contributed by atoms with Crippen molar-refractivity contribution in [3.63, 3.8) is 0 Å². The lowest BCUT2D eigenvalue weighted by Gasteiger charge is -2.31. The van der Waals surface area contributed by atoms with Crippen molar-refractivity contribution in [1.82, 2.24) is 4.90 Å². The van der Waals surface area contributed by atoms with Crippen LogP contribution in [0, 0.1) is 5.92 Å². The second-order valence-electron chi connectivity index (χ2n) is 6.38. The molecule has 1 unspecified atom stereocenters. The molecule has 0 aromatic heterocycles. The SMILES string of the molecule is CCCOB1CCCC2CN(C(=O)[C@H](C)N)C[C@@]2(N)C(=O)O1. The Labute approximate surface area is 131 Å². The van der Waals surface area contributed by atoms with Gasteiger partial charge in [-0.05, 0) is 26.1 Å². The highest BCUT2D eigenvalue weighted by Gasteiger charge is 2.53. The summed E-state index contributed by atoms with van der Waals surface area (Å²) in [7, 11) is -0.535. The summed E-state index contributed by atoms with van der Waals surface area (Å²) >= 11 is 0. The van der Waals surface area contributed by atoms with Gasteiger partial charge >= 0.3 is 13.1 Å². The molecule has 2 saturated heterocycles. The highest BCUT2D eigenvalue weighted by atomic mass is 16.6. The summed E-state index contributed by atoms with van der Waals surface area (Å²) in [6.07, 6.45) is 3.16. The van der Waals surface area contributed by atoms with E-state index in [1.807, 2.05) is 6.92 Å². The van der Waals surface area contributed by atoms with Crippen LogP contribution in [-0.4, -0.2) is 55.2 Å². The van der Waals surface area contributed by atoms with Crippen molar-refractivity contribution in [3.05, 3.63) is 0 Å². The Bertz CT molecular complexity index is 434. The lowest BCUT2D eigenvalue weighted by Crippen LogP contribution is -2.58. The number of likely N-dealkylation sites (tertiary alicyclic amines) is 1. The van der Waals surface area contributed by atoms with Crippen molar-refractivity contribution in [2.24, 2.45) is 17.4 Å². The van der Waals surface area contributed by atoms with E-state index < -0.39 is 24.7 Å². The average Bonchev–Trinajstić information content (AvgIpc) is 2.80. The Kier molecular flexibility index (Phi) is 5.47. The highest BCUT2D eigenvalue weighted by molar-refractivity contribution is 6.47. The third-order valence-corrected chi connectivity index (χ3v) is 4.44. The molecule has 3 atom stereocenters. The second-order valence-corrected chi connectivity index (χ2v) is 6.38. The minimum absolute atomic E-state index is 0.0881. The van der Waals surface area contributed by atoms with Crippen molar-refractivity contribution in [2.75, 3.05) is 19.7 Å². The lowest BCUT2D eigenvalue weighted by molar-refractivity contribution is -0.143. The first-order chi connectivity index (χ1) is 10.4. The zero-order valence-electron chi connectivity index (χ0n) is 13.4. The fourth-order valence-corrected chi connectivity index (χ4v) is 3.16. The standard InChI is InChI=1S/C14H26BN3O4/c1-3-7-21-15-6-4-5-11-8-18(12(19)10(2)16)9-14(11,17)13(20)22-15/h10-11H,3-9,16-17H2,1-2H3/t10-,11?,14-/m0/s1. The average molecular weight is 311 g/mol. The van der Waals surface area contributed by atoms with E-state index in [0.717, 1.165) is 19.3 Å². The molecule has 4 N–H and O–H groups in total. The summed E-state index contributed by atoms with van der Waals surface area (Å²) in [4.78, 5) is 26.2. The van der Waals surface area contributed by atoms with E-state index in [0.29, 0.717) is 19.5 Å². The van der Waals surface area contributed by atoms with Crippen molar-refractivity contribution in [1.29, 1.82) is 0 Å². The summed E-state index contributed by atoms with van der Waals surface area (Å²) in [6, 6.07) is -0.593. The fraction of sp³-hybridized carbons (Fsp3) is 0.857. The first-order valence-electron chi connectivity index (χ1n) is 8.04. The predicted octanol–water partition coefficient (Wildman–Crippen LogP) is -0.259. The van der Waals surface area contributed by atoms with Gasteiger partial charge in [0.15, 0.2) is 0 Å². The second kappa shape index (κ2) is 6.98. The molecule has 2 fully saturated rings. The minimum atomic E-state index is -1.15. The van der Waals surface area contributed by atoms with Gasteiger partial charge in [-0.25, -0.2) is 0 Å². The largest absolute Gasteiger partial charge is 0.527 e. The van der Waals surface area contributed by atoms with Crippen molar-refractivity contribution < 1.29 is 18.9 Å². The third-order valence-electron chi connectivity index (χ3n) is 4.44. The van der Waals surface area contributed by atoms with Gasteiger partial charge in [0.1, 0.15) is 5.54 Å². The van der Waals surface area contributed by atoms with Crippen LogP contribution >= 0.6 is 0 Å². The molecule has 2 rings (SSSR count). The van der Waals surface area contributed by atoms with Gasteiger partial charge in [-0.3, -0.25) is 9.59 Å². The third kappa shape index (κ3) is 3.44. The highest BCUT2D eigenvalue weighted by Crippen LogP contribution is 2.33. The quantitative estimate of drug-likeness (QED) is 0.693. The number of rotatable bonds is 4.